The molecule has 0 bridgehead atoms. The molecule has 0 saturated heterocycles. The Morgan fingerprint density at radius 1 is 1.07 bits per heavy atom. The number of hydrogen-bond donors (Lipinski definition) is 1. The third-order valence-electron chi connectivity index (χ3n) is 4.64. The molecule has 1 aliphatic heterocycles. The maximum absolute atomic E-state index is 12.5. The fourth-order valence-electron chi connectivity index (χ4n) is 3.21. The largest absolute Gasteiger partial charge is 0.481 e. The van der Waals surface area contributed by atoms with E-state index in [1.165, 1.54) is 0 Å². The van der Waals surface area contributed by atoms with E-state index >= 15 is 0 Å². The molecule has 0 saturated carbocycles. The first kappa shape index (κ1) is 22.1. The van der Waals surface area contributed by atoms with Gasteiger partial charge in [0.05, 0.1) is 12.2 Å². The third-order valence-corrected chi connectivity index (χ3v) is 5.07. The monoisotopic (exact) mass is 453 g/mol. The van der Waals surface area contributed by atoms with Gasteiger partial charge in [0.1, 0.15) is 12.3 Å². The molecule has 2 heterocycles. The van der Waals surface area contributed by atoms with Gasteiger partial charge in [-0.15, -0.1) is 0 Å². The highest BCUT2D eigenvalue weighted by Crippen LogP contribution is 2.21. The average molecular weight is 454 g/mol. The minimum Gasteiger partial charge on any atom is -0.481 e. The molecule has 1 amide bonds. The van der Waals surface area contributed by atoms with Crippen LogP contribution in [0.4, 0.5) is 4.79 Å². The second-order valence-corrected chi connectivity index (χ2v) is 7.89. The lowest BCUT2D eigenvalue weighted by Crippen LogP contribution is -2.31. The zero-order valence-corrected chi connectivity index (χ0v) is 17.7. The van der Waals surface area contributed by atoms with Gasteiger partial charge in [-0.2, -0.15) is 5.10 Å². The van der Waals surface area contributed by atoms with Crippen LogP contribution in [0.3, 0.4) is 0 Å². The van der Waals surface area contributed by atoms with Gasteiger partial charge in [-0.25, -0.2) is 4.79 Å². The van der Waals surface area contributed by atoms with Crippen LogP contribution in [0, 0.1) is 0 Å². The number of carboxylic acids is 1. The Bertz CT molecular complexity index is 940. The first-order valence-electron chi connectivity index (χ1n) is 9.50. The number of nitrogens with zero attached hydrogens (tertiary/aromatic N) is 3. The Morgan fingerprint density at radius 3 is 2.50 bits per heavy atom. The molecule has 1 aromatic carbocycles. The van der Waals surface area contributed by atoms with Gasteiger partial charge in [0.25, 0.3) is 0 Å². The molecular weight excluding hydrogens is 433 g/mol. The van der Waals surface area contributed by atoms with Crippen molar-refractivity contribution in [2.75, 3.05) is 6.54 Å². The summed E-state index contributed by atoms with van der Waals surface area (Å²) in [5, 5.41) is 13.9. The highest BCUT2D eigenvalue weighted by molar-refractivity contribution is 6.34. The Kier molecular flexibility index (Phi) is 7.33. The van der Waals surface area contributed by atoms with Crippen LogP contribution in [0.25, 0.3) is 0 Å². The summed E-state index contributed by atoms with van der Waals surface area (Å²) >= 11 is 11.9. The lowest BCUT2D eigenvalue weighted by Gasteiger charge is -2.19. The van der Waals surface area contributed by atoms with E-state index in [1.807, 2.05) is 0 Å². The van der Waals surface area contributed by atoms with Crippen LogP contribution in [-0.4, -0.2) is 44.2 Å². The van der Waals surface area contributed by atoms with Crippen LogP contribution in [0.2, 0.25) is 10.0 Å². The normalized spacial score (nSPS) is 13.5. The van der Waals surface area contributed by atoms with Crippen molar-refractivity contribution in [3.63, 3.8) is 0 Å². The number of ether oxygens (including phenoxy) is 1. The molecule has 1 N–H and O–H groups in total. The Labute approximate surface area is 183 Å². The molecule has 1 aliphatic rings. The van der Waals surface area contributed by atoms with Crippen molar-refractivity contribution in [3.8, 4) is 0 Å². The van der Waals surface area contributed by atoms with Crippen LogP contribution in [-0.2, 0) is 29.2 Å². The molecular formula is C20H21Cl2N3O5. The zero-order chi connectivity index (χ0) is 21.7. The molecule has 2 aromatic rings. The number of halogens is 2. The number of amides is 1. The van der Waals surface area contributed by atoms with Gasteiger partial charge in [0, 0.05) is 36.0 Å². The summed E-state index contributed by atoms with van der Waals surface area (Å²) in [4.78, 5) is 37.0. The van der Waals surface area contributed by atoms with Crippen LogP contribution in [0.15, 0.2) is 24.3 Å². The van der Waals surface area contributed by atoms with Gasteiger partial charge in [-0.3, -0.25) is 14.3 Å². The van der Waals surface area contributed by atoms with Crippen LogP contribution in [0.1, 0.15) is 47.4 Å². The van der Waals surface area contributed by atoms with Crippen LogP contribution >= 0.6 is 23.2 Å². The molecule has 30 heavy (non-hydrogen) atoms. The first-order chi connectivity index (χ1) is 14.3. The topological polar surface area (TPSA) is 102 Å². The number of carboxylic acid groups (broad SMARTS) is 1. The van der Waals surface area contributed by atoms with Crippen molar-refractivity contribution in [2.24, 2.45) is 0 Å². The van der Waals surface area contributed by atoms with Crippen molar-refractivity contribution in [3.05, 3.63) is 51.3 Å². The minimum absolute atomic E-state index is 0.0438. The lowest BCUT2D eigenvalue weighted by atomic mass is 10.1. The van der Waals surface area contributed by atoms with E-state index in [0.717, 1.165) is 5.69 Å². The van der Waals surface area contributed by atoms with E-state index in [-0.39, 0.29) is 38.2 Å². The van der Waals surface area contributed by atoms with E-state index in [1.54, 1.807) is 33.8 Å². The Morgan fingerprint density at radius 2 is 1.80 bits per heavy atom. The van der Waals surface area contributed by atoms with E-state index < -0.39 is 12.1 Å². The molecule has 1 aromatic heterocycles. The number of aryl methyl sites for hydroxylation is 1. The van der Waals surface area contributed by atoms with Crippen LogP contribution in [0.5, 0.6) is 0 Å². The number of aliphatic carboxylic acids is 1. The van der Waals surface area contributed by atoms with E-state index in [4.69, 9.17) is 33.0 Å². The summed E-state index contributed by atoms with van der Waals surface area (Å²) in [6.07, 6.45) is 0.518. The van der Waals surface area contributed by atoms with Crippen molar-refractivity contribution in [1.29, 1.82) is 0 Å². The predicted molar refractivity (Wildman–Crippen MR) is 110 cm³/mol. The molecule has 0 radical (unpaired) electrons. The van der Waals surface area contributed by atoms with Crippen molar-refractivity contribution in [1.82, 2.24) is 14.7 Å². The van der Waals surface area contributed by atoms with E-state index in [2.05, 4.69) is 5.10 Å². The number of carbonyl (C=O) groups excluding carboxylic acids is 2. The van der Waals surface area contributed by atoms with Crippen molar-refractivity contribution in [2.45, 2.75) is 45.4 Å². The number of Topliss-reactive ketones (excluding diaryl/α,β-unsaturated/α-hetero) is 1. The van der Waals surface area contributed by atoms with Gasteiger partial charge in [0.15, 0.2) is 5.78 Å². The summed E-state index contributed by atoms with van der Waals surface area (Å²) in [6.45, 7) is 1.39. The molecule has 0 aliphatic carbocycles. The maximum atomic E-state index is 12.5. The van der Waals surface area contributed by atoms with Crippen molar-refractivity contribution < 1.29 is 24.2 Å². The van der Waals surface area contributed by atoms with Crippen molar-refractivity contribution >= 4 is 41.0 Å². The van der Waals surface area contributed by atoms with Gasteiger partial charge < -0.3 is 14.7 Å². The average Bonchev–Trinajstić information content (AvgIpc) is 2.96. The SMILES string of the molecule is O=C(O)CCCC(=O)c1cc2n(n1)CCCN(C(=O)OCc1cc(Cl)cc(Cl)c1)C2. The summed E-state index contributed by atoms with van der Waals surface area (Å²) in [6, 6.07) is 6.62. The maximum Gasteiger partial charge on any atom is 0.410 e. The lowest BCUT2D eigenvalue weighted by molar-refractivity contribution is -0.137. The molecule has 0 unspecified atom stereocenters. The zero-order valence-electron chi connectivity index (χ0n) is 16.1. The fraction of sp³-hybridized carbons (Fsp3) is 0.400. The standard InChI is InChI=1S/C20H21Cl2N3O5/c21-14-7-13(8-15(22)9-14)12-30-20(29)24-5-2-6-25-16(11-24)10-17(23-25)18(26)3-1-4-19(27)28/h7-10H,1-6,11-12H2,(H,27,28). The molecule has 8 nitrogen and oxygen atoms in total. The Hall–Kier alpha value is -2.58. The van der Waals surface area contributed by atoms with Gasteiger partial charge in [-0.1, -0.05) is 23.2 Å². The second-order valence-electron chi connectivity index (χ2n) is 7.02. The van der Waals surface area contributed by atoms with Gasteiger partial charge >= 0.3 is 12.1 Å². The first-order valence-corrected chi connectivity index (χ1v) is 10.3. The number of aromatic nitrogens is 2. The third kappa shape index (κ3) is 5.96. The highest BCUT2D eigenvalue weighted by atomic mass is 35.5. The number of rotatable bonds is 7. The quantitative estimate of drug-likeness (QED) is 0.631. The summed E-state index contributed by atoms with van der Waals surface area (Å²) in [7, 11) is 0. The molecule has 0 atom stereocenters. The Balaban J connectivity index is 1.60. The summed E-state index contributed by atoms with van der Waals surface area (Å²) < 4.78 is 7.11. The van der Waals surface area contributed by atoms with Gasteiger partial charge in [0.2, 0.25) is 0 Å². The van der Waals surface area contributed by atoms with E-state index in [0.29, 0.717) is 40.8 Å². The number of carbonyl (C=O) groups is 3. The molecule has 160 valence electrons. The number of benzene rings is 1. The number of hydrogen-bond acceptors (Lipinski definition) is 5. The smallest absolute Gasteiger partial charge is 0.410 e. The highest BCUT2D eigenvalue weighted by Gasteiger charge is 2.23. The summed E-state index contributed by atoms with van der Waals surface area (Å²) in [5.74, 6) is -1.14. The predicted octanol–water partition coefficient (Wildman–Crippen LogP) is 4.17. The molecule has 0 spiro atoms. The molecule has 10 heteroatoms. The van der Waals surface area contributed by atoms with E-state index in [9.17, 15) is 14.4 Å². The molecule has 3 rings (SSSR count). The van der Waals surface area contributed by atoms with Crippen LogP contribution < -0.4 is 0 Å². The minimum atomic E-state index is -0.933. The number of ketones is 1. The second kappa shape index (κ2) is 9.95. The fourth-order valence-corrected chi connectivity index (χ4v) is 3.78. The molecule has 0 fully saturated rings. The van der Waals surface area contributed by atoms with Gasteiger partial charge in [-0.05, 0) is 42.7 Å². The summed E-state index contributed by atoms with van der Waals surface area (Å²) in [5.41, 5.74) is 1.71. The number of fused-ring (bicyclic) bond motifs is 1.